The normalized spacial score (nSPS) is 12.5. The Balaban J connectivity index is 3.21. The van der Waals surface area contributed by atoms with Gasteiger partial charge >= 0.3 is 7.60 Å². The Morgan fingerprint density at radius 2 is 1.84 bits per heavy atom. The highest BCUT2D eigenvalue weighted by molar-refractivity contribution is 7.59. The van der Waals surface area contributed by atoms with Crippen molar-refractivity contribution in [2.24, 2.45) is 0 Å². The van der Waals surface area contributed by atoms with Gasteiger partial charge in [0.25, 0.3) is 0 Å². The number of rotatable bonds is 7. The van der Waals surface area contributed by atoms with E-state index in [4.69, 9.17) is 9.05 Å². The Hall–Kier alpha value is -1.15. The molecule has 0 aromatic heterocycles. The molecule has 0 radical (unpaired) electrons. The van der Waals surface area contributed by atoms with E-state index in [1.54, 1.807) is 19.9 Å². The van der Waals surface area contributed by atoms with Gasteiger partial charge in [-0.25, -0.2) is 0 Å². The minimum Gasteiger partial charge on any atom is -0.305 e. The van der Waals surface area contributed by atoms with Gasteiger partial charge in [0.1, 0.15) is 0 Å². The second kappa shape index (κ2) is 7.44. The Kier molecular flexibility index (Phi) is 6.23. The molecule has 19 heavy (non-hydrogen) atoms. The summed E-state index contributed by atoms with van der Waals surface area (Å²) in [6, 6.07) is 7.86. The van der Waals surface area contributed by atoms with E-state index in [-0.39, 0.29) is 0 Å². The standard InChI is InChI=1S/C15H21O3P/c1-5-15(19(16,17-6-2)18-7-3)12-14-11-9-8-10-13(14)4/h5,8-12H,1,6-7H2,2-4H3/b15-12+. The number of hydrogen-bond acceptors (Lipinski definition) is 3. The van der Waals surface area contributed by atoms with Crippen LogP contribution in [0.4, 0.5) is 0 Å². The van der Waals surface area contributed by atoms with Crippen molar-refractivity contribution in [3.05, 3.63) is 53.4 Å². The van der Waals surface area contributed by atoms with Gasteiger partial charge in [0.05, 0.1) is 18.5 Å². The Labute approximate surface area is 115 Å². The van der Waals surface area contributed by atoms with E-state index >= 15 is 0 Å². The van der Waals surface area contributed by atoms with Crippen LogP contribution in [0.5, 0.6) is 0 Å². The zero-order chi connectivity index (χ0) is 14.3. The second-order valence-corrected chi connectivity index (χ2v) is 5.99. The van der Waals surface area contributed by atoms with Crippen LogP contribution in [0.1, 0.15) is 25.0 Å². The summed E-state index contributed by atoms with van der Waals surface area (Å²) in [6.07, 6.45) is 3.35. The lowest BCUT2D eigenvalue weighted by Gasteiger charge is -2.18. The summed E-state index contributed by atoms with van der Waals surface area (Å²) >= 11 is 0. The Morgan fingerprint density at radius 1 is 1.26 bits per heavy atom. The first-order chi connectivity index (χ1) is 9.07. The zero-order valence-electron chi connectivity index (χ0n) is 11.8. The summed E-state index contributed by atoms with van der Waals surface area (Å²) in [4.78, 5) is 0. The molecule has 104 valence electrons. The third-order valence-corrected chi connectivity index (χ3v) is 4.76. The maximum atomic E-state index is 12.7. The fraction of sp³-hybridized carbons (Fsp3) is 0.333. The second-order valence-electron chi connectivity index (χ2n) is 3.96. The third kappa shape index (κ3) is 4.17. The van der Waals surface area contributed by atoms with Gasteiger partial charge in [-0.3, -0.25) is 4.57 Å². The fourth-order valence-electron chi connectivity index (χ4n) is 1.68. The number of aryl methyl sites for hydroxylation is 1. The molecule has 1 rings (SSSR count). The summed E-state index contributed by atoms with van der Waals surface area (Å²) in [5.41, 5.74) is 2.08. The van der Waals surface area contributed by atoms with Gasteiger partial charge in [-0.15, -0.1) is 0 Å². The zero-order valence-corrected chi connectivity index (χ0v) is 12.7. The summed E-state index contributed by atoms with van der Waals surface area (Å²) in [7, 11) is -3.27. The van der Waals surface area contributed by atoms with Crippen LogP contribution in [0.15, 0.2) is 42.2 Å². The highest BCUT2D eigenvalue weighted by atomic mass is 31.2. The topological polar surface area (TPSA) is 35.5 Å². The lowest BCUT2D eigenvalue weighted by Crippen LogP contribution is -1.97. The molecule has 1 aromatic rings. The van der Waals surface area contributed by atoms with Crippen molar-refractivity contribution in [1.29, 1.82) is 0 Å². The molecule has 1 aromatic carbocycles. The lowest BCUT2D eigenvalue weighted by molar-refractivity contribution is 0.227. The molecule has 0 bridgehead atoms. The van der Waals surface area contributed by atoms with Gasteiger partial charge in [-0.2, -0.15) is 0 Å². The molecule has 0 spiro atoms. The molecule has 0 saturated heterocycles. The van der Waals surface area contributed by atoms with Gasteiger partial charge < -0.3 is 9.05 Å². The van der Waals surface area contributed by atoms with Gasteiger partial charge in [0.15, 0.2) is 0 Å². The van der Waals surface area contributed by atoms with E-state index in [1.807, 2.05) is 37.3 Å². The molecular weight excluding hydrogens is 259 g/mol. The molecule has 4 heteroatoms. The van der Waals surface area contributed by atoms with Crippen molar-refractivity contribution in [3.8, 4) is 0 Å². The molecule has 0 aliphatic carbocycles. The third-order valence-electron chi connectivity index (χ3n) is 2.62. The van der Waals surface area contributed by atoms with Crippen LogP contribution in [-0.2, 0) is 13.6 Å². The van der Waals surface area contributed by atoms with Crippen LogP contribution >= 0.6 is 7.60 Å². The lowest BCUT2D eigenvalue weighted by atomic mass is 10.1. The smallest absolute Gasteiger partial charge is 0.305 e. The number of benzene rings is 1. The van der Waals surface area contributed by atoms with Crippen LogP contribution in [0.2, 0.25) is 0 Å². The van der Waals surface area contributed by atoms with Crippen molar-refractivity contribution in [1.82, 2.24) is 0 Å². The molecule has 0 N–H and O–H groups in total. The molecule has 3 nitrogen and oxygen atoms in total. The first-order valence-electron chi connectivity index (χ1n) is 6.36. The SMILES string of the molecule is C=C/C(=C\c1ccccc1C)P(=O)(OCC)OCC. The summed E-state index contributed by atoms with van der Waals surface area (Å²) in [5, 5.41) is 0.491. The number of allylic oxidation sites excluding steroid dienone is 2. The molecule has 0 amide bonds. The summed E-state index contributed by atoms with van der Waals surface area (Å²) in [5.74, 6) is 0. The average molecular weight is 280 g/mol. The van der Waals surface area contributed by atoms with Crippen LogP contribution in [0, 0.1) is 6.92 Å². The molecule has 0 unspecified atom stereocenters. The maximum Gasteiger partial charge on any atom is 0.361 e. The highest BCUT2D eigenvalue weighted by Crippen LogP contribution is 2.57. The largest absolute Gasteiger partial charge is 0.361 e. The van der Waals surface area contributed by atoms with Crippen molar-refractivity contribution in [2.75, 3.05) is 13.2 Å². The predicted octanol–water partition coefficient (Wildman–Crippen LogP) is 4.79. The van der Waals surface area contributed by atoms with E-state index in [0.717, 1.165) is 11.1 Å². The average Bonchev–Trinajstić information content (AvgIpc) is 2.38. The number of hydrogen-bond donors (Lipinski definition) is 0. The van der Waals surface area contributed by atoms with Crippen molar-refractivity contribution in [2.45, 2.75) is 20.8 Å². The quantitative estimate of drug-likeness (QED) is 0.532. The van der Waals surface area contributed by atoms with Gasteiger partial charge in [0, 0.05) is 0 Å². The Bertz CT molecular complexity index is 496. The first-order valence-corrected chi connectivity index (χ1v) is 7.91. The van der Waals surface area contributed by atoms with Crippen molar-refractivity contribution >= 4 is 13.7 Å². The molecule has 0 heterocycles. The molecule has 0 aliphatic heterocycles. The van der Waals surface area contributed by atoms with Gasteiger partial charge in [0.2, 0.25) is 0 Å². The predicted molar refractivity (Wildman–Crippen MR) is 80.2 cm³/mol. The van der Waals surface area contributed by atoms with Crippen LogP contribution in [0.3, 0.4) is 0 Å². The van der Waals surface area contributed by atoms with Crippen molar-refractivity contribution in [3.63, 3.8) is 0 Å². The maximum absolute atomic E-state index is 12.7. The van der Waals surface area contributed by atoms with Crippen LogP contribution in [-0.4, -0.2) is 13.2 Å². The minimum absolute atomic E-state index is 0.330. The van der Waals surface area contributed by atoms with E-state index in [0.29, 0.717) is 18.5 Å². The van der Waals surface area contributed by atoms with E-state index in [1.165, 1.54) is 0 Å². The van der Waals surface area contributed by atoms with E-state index in [9.17, 15) is 4.57 Å². The Morgan fingerprint density at radius 3 is 2.32 bits per heavy atom. The molecule has 0 fully saturated rings. The molecular formula is C15H21O3P. The monoisotopic (exact) mass is 280 g/mol. The highest BCUT2D eigenvalue weighted by Gasteiger charge is 2.27. The molecule has 0 saturated carbocycles. The summed E-state index contributed by atoms with van der Waals surface area (Å²) < 4.78 is 23.3. The molecule has 0 aliphatic rings. The first kappa shape index (κ1) is 15.9. The van der Waals surface area contributed by atoms with E-state index < -0.39 is 7.60 Å². The van der Waals surface area contributed by atoms with Gasteiger partial charge in [-0.05, 0) is 38.0 Å². The van der Waals surface area contributed by atoms with Crippen LogP contribution < -0.4 is 0 Å². The van der Waals surface area contributed by atoms with Gasteiger partial charge in [-0.1, -0.05) is 36.9 Å². The summed E-state index contributed by atoms with van der Waals surface area (Å²) in [6.45, 7) is 9.96. The molecule has 0 atom stereocenters. The van der Waals surface area contributed by atoms with Crippen LogP contribution in [0.25, 0.3) is 6.08 Å². The van der Waals surface area contributed by atoms with E-state index in [2.05, 4.69) is 6.58 Å². The van der Waals surface area contributed by atoms with Crippen molar-refractivity contribution < 1.29 is 13.6 Å². The fourth-order valence-corrected chi connectivity index (χ4v) is 3.26. The minimum atomic E-state index is -3.27.